The molecule has 0 spiro atoms. The summed E-state index contributed by atoms with van der Waals surface area (Å²) in [6.45, 7) is 9.07. The number of phenolic OH excluding ortho intramolecular Hbond substituents is 3. The summed E-state index contributed by atoms with van der Waals surface area (Å²) in [5, 5.41) is 41.4. The summed E-state index contributed by atoms with van der Waals surface area (Å²) in [4.78, 5) is 13.5. The quantitative estimate of drug-likeness (QED) is 0.380. The molecule has 4 N–H and O–H groups in total. The Kier molecular flexibility index (Phi) is 4.26. The van der Waals surface area contributed by atoms with Gasteiger partial charge in [0, 0.05) is 28.7 Å². The Hall–Kier alpha value is -2.93. The summed E-state index contributed by atoms with van der Waals surface area (Å²) in [6.07, 6.45) is 0.174. The summed E-state index contributed by atoms with van der Waals surface area (Å²) in [5.74, 6) is -0.677. The van der Waals surface area contributed by atoms with Crippen LogP contribution < -0.4 is 10.2 Å². The molecule has 4 rings (SSSR count). The van der Waals surface area contributed by atoms with Crippen molar-refractivity contribution in [3.8, 4) is 23.0 Å². The van der Waals surface area contributed by atoms with Gasteiger partial charge in [0.15, 0.2) is 11.5 Å². The number of benzene rings is 2. The van der Waals surface area contributed by atoms with E-state index in [1.807, 2.05) is 20.8 Å². The second-order valence-corrected chi connectivity index (χ2v) is 9.29. The minimum atomic E-state index is -1.04. The van der Waals surface area contributed by atoms with E-state index in [9.17, 15) is 25.2 Å². The predicted octanol–water partition coefficient (Wildman–Crippen LogP) is 3.83. The van der Waals surface area contributed by atoms with Gasteiger partial charge in [-0.2, -0.15) is 0 Å². The van der Waals surface area contributed by atoms with Gasteiger partial charge in [-0.05, 0) is 33.6 Å². The molecule has 0 aliphatic carbocycles. The number of ether oxygens (including phenoxy) is 1. The number of phenols is 3. The molecule has 0 bridgehead atoms. The van der Waals surface area contributed by atoms with Gasteiger partial charge in [0.2, 0.25) is 5.43 Å². The zero-order valence-electron chi connectivity index (χ0n) is 17.7. The van der Waals surface area contributed by atoms with Gasteiger partial charge in [0.05, 0.1) is 11.0 Å². The lowest BCUT2D eigenvalue weighted by Gasteiger charge is -2.23. The highest BCUT2D eigenvalue weighted by Crippen LogP contribution is 2.49. The lowest BCUT2D eigenvalue weighted by atomic mass is 9.80. The first-order valence-corrected chi connectivity index (χ1v) is 9.92. The molecular weight excluding hydrogens is 388 g/mol. The first-order chi connectivity index (χ1) is 13.8. The van der Waals surface area contributed by atoms with E-state index in [0.717, 1.165) is 0 Å². The zero-order valence-corrected chi connectivity index (χ0v) is 17.7. The molecule has 0 saturated carbocycles. The van der Waals surface area contributed by atoms with Crippen molar-refractivity contribution in [3.63, 3.8) is 0 Å². The highest BCUT2D eigenvalue weighted by Gasteiger charge is 2.42. The van der Waals surface area contributed by atoms with Crippen LogP contribution in [0.4, 0.5) is 0 Å². The van der Waals surface area contributed by atoms with E-state index < -0.39 is 27.9 Å². The molecule has 1 aromatic heterocycles. The number of aliphatic hydroxyl groups is 1. The zero-order chi connectivity index (χ0) is 22.2. The van der Waals surface area contributed by atoms with Gasteiger partial charge in [-0.15, -0.1) is 0 Å². The molecule has 160 valence electrons. The summed E-state index contributed by atoms with van der Waals surface area (Å²) < 4.78 is 11.9. The second kappa shape index (κ2) is 6.28. The van der Waals surface area contributed by atoms with E-state index in [1.165, 1.54) is 12.1 Å². The maximum atomic E-state index is 13.5. The van der Waals surface area contributed by atoms with E-state index in [4.69, 9.17) is 9.15 Å². The Morgan fingerprint density at radius 3 is 2.40 bits per heavy atom. The van der Waals surface area contributed by atoms with Crippen molar-refractivity contribution in [2.24, 2.45) is 0 Å². The van der Waals surface area contributed by atoms with Crippen molar-refractivity contribution in [2.75, 3.05) is 0 Å². The van der Waals surface area contributed by atoms with Gasteiger partial charge in [-0.1, -0.05) is 13.8 Å². The summed E-state index contributed by atoms with van der Waals surface area (Å²) in [5.41, 5.74) is -0.885. The highest BCUT2D eigenvalue weighted by molar-refractivity contribution is 5.99. The molecule has 0 unspecified atom stereocenters. The largest absolute Gasteiger partial charge is 0.507 e. The van der Waals surface area contributed by atoms with Crippen LogP contribution in [0, 0.1) is 0 Å². The average Bonchev–Trinajstić information content (AvgIpc) is 2.83. The van der Waals surface area contributed by atoms with Crippen LogP contribution in [0.5, 0.6) is 23.0 Å². The van der Waals surface area contributed by atoms with Crippen molar-refractivity contribution in [1.82, 2.24) is 0 Å². The molecule has 1 aliphatic heterocycles. The van der Waals surface area contributed by atoms with Gasteiger partial charge in [0.25, 0.3) is 0 Å². The fourth-order valence-electron chi connectivity index (χ4n) is 4.11. The molecule has 2 aromatic carbocycles. The summed E-state index contributed by atoms with van der Waals surface area (Å²) >= 11 is 0. The van der Waals surface area contributed by atoms with Crippen molar-refractivity contribution in [2.45, 2.75) is 64.6 Å². The van der Waals surface area contributed by atoms with E-state index in [0.29, 0.717) is 11.3 Å². The first-order valence-electron chi connectivity index (χ1n) is 9.92. The van der Waals surface area contributed by atoms with Crippen LogP contribution in [-0.4, -0.2) is 32.1 Å². The number of aromatic hydroxyl groups is 3. The Bertz CT molecular complexity index is 1250. The number of hydrogen-bond acceptors (Lipinski definition) is 7. The Labute approximate surface area is 173 Å². The molecule has 0 saturated heterocycles. The van der Waals surface area contributed by atoms with Crippen LogP contribution in [0.2, 0.25) is 0 Å². The third-order valence-electron chi connectivity index (χ3n) is 6.19. The Morgan fingerprint density at radius 2 is 1.77 bits per heavy atom. The third-order valence-corrected chi connectivity index (χ3v) is 6.19. The van der Waals surface area contributed by atoms with Crippen LogP contribution in [0.1, 0.15) is 52.2 Å². The summed E-state index contributed by atoms with van der Waals surface area (Å²) in [6, 6.07) is 2.62. The molecule has 2 heterocycles. The van der Waals surface area contributed by atoms with Gasteiger partial charge < -0.3 is 29.6 Å². The van der Waals surface area contributed by atoms with E-state index in [-0.39, 0.29) is 52.2 Å². The van der Waals surface area contributed by atoms with Crippen molar-refractivity contribution in [3.05, 3.63) is 33.5 Å². The van der Waals surface area contributed by atoms with Crippen LogP contribution in [0.15, 0.2) is 21.3 Å². The second-order valence-electron chi connectivity index (χ2n) is 9.29. The van der Waals surface area contributed by atoms with Gasteiger partial charge in [0.1, 0.15) is 34.2 Å². The van der Waals surface area contributed by atoms with Crippen LogP contribution in [0.3, 0.4) is 0 Å². The molecule has 7 nitrogen and oxygen atoms in total. The predicted molar refractivity (Wildman–Crippen MR) is 113 cm³/mol. The average molecular weight is 414 g/mol. The van der Waals surface area contributed by atoms with Crippen LogP contribution in [0.25, 0.3) is 21.9 Å². The van der Waals surface area contributed by atoms with Gasteiger partial charge in [-0.3, -0.25) is 4.79 Å². The Balaban J connectivity index is 2.12. The SMILES string of the molecule is C[C@@H]1Oc2cc(O)c3c(=O)c4c(CCC(C)(C)O)c(O)c(O)cc4oc3c2C1(C)C. The number of aryl methyl sites for hydroxylation is 1. The lowest BCUT2D eigenvalue weighted by Crippen LogP contribution is -2.29. The first kappa shape index (κ1) is 20.3. The van der Waals surface area contributed by atoms with Crippen LogP contribution >= 0.6 is 0 Å². The molecule has 1 atom stereocenters. The van der Waals surface area contributed by atoms with Crippen molar-refractivity contribution >= 4 is 21.9 Å². The van der Waals surface area contributed by atoms with E-state index in [2.05, 4.69) is 0 Å². The Morgan fingerprint density at radius 1 is 1.10 bits per heavy atom. The normalized spacial score (nSPS) is 18.0. The highest BCUT2D eigenvalue weighted by atomic mass is 16.5. The van der Waals surface area contributed by atoms with Gasteiger partial charge in [-0.25, -0.2) is 0 Å². The fraction of sp³-hybridized carbons (Fsp3) is 0.435. The standard InChI is InChI=1S/C23H26O7/c1-10-23(4,5)18-15(29-10)8-12(24)17-20(27)16-11(6-7-22(2,3)28)19(26)13(25)9-14(16)30-21(17)18/h8-10,24-26,28H,6-7H2,1-5H3/t10-/m0/s1. The lowest BCUT2D eigenvalue weighted by molar-refractivity contribution is 0.0713. The van der Waals surface area contributed by atoms with Crippen LogP contribution in [-0.2, 0) is 11.8 Å². The molecule has 0 amide bonds. The molecule has 30 heavy (non-hydrogen) atoms. The maximum absolute atomic E-state index is 13.5. The molecule has 0 radical (unpaired) electrons. The monoisotopic (exact) mass is 414 g/mol. The minimum absolute atomic E-state index is 0.00150. The van der Waals surface area contributed by atoms with Crippen molar-refractivity contribution in [1.29, 1.82) is 0 Å². The number of fused-ring (bicyclic) bond motifs is 4. The topological polar surface area (TPSA) is 120 Å². The minimum Gasteiger partial charge on any atom is -0.507 e. The molecular formula is C23H26O7. The molecule has 7 heteroatoms. The smallest absolute Gasteiger partial charge is 0.204 e. The summed E-state index contributed by atoms with van der Waals surface area (Å²) in [7, 11) is 0. The number of hydrogen-bond donors (Lipinski definition) is 4. The molecule has 0 fully saturated rings. The maximum Gasteiger partial charge on any atom is 0.204 e. The van der Waals surface area contributed by atoms with Crippen molar-refractivity contribution < 1.29 is 29.6 Å². The van der Waals surface area contributed by atoms with E-state index in [1.54, 1.807) is 13.8 Å². The molecule has 3 aromatic rings. The van der Waals surface area contributed by atoms with Gasteiger partial charge >= 0.3 is 0 Å². The number of rotatable bonds is 3. The molecule has 1 aliphatic rings. The fourth-order valence-corrected chi connectivity index (χ4v) is 4.11. The van der Waals surface area contributed by atoms with E-state index >= 15 is 0 Å². The third kappa shape index (κ3) is 2.88.